The predicted octanol–water partition coefficient (Wildman–Crippen LogP) is 2.48. The Balaban J connectivity index is 3.10. The van der Waals surface area contributed by atoms with Gasteiger partial charge in [0.2, 0.25) is 0 Å². The topological polar surface area (TPSA) is 26.3 Å². The average Bonchev–Trinajstić information content (AvgIpc) is 2.05. The highest BCUT2D eigenvalue weighted by atomic mass is 16.5. The number of carbonyl (C=O) groups excluding carboxylic acids is 1. The first-order chi connectivity index (χ1) is 5.81. The van der Waals surface area contributed by atoms with Crippen LogP contribution in [0.25, 0.3) is 0 Å². The van der Waals surface area contributed by atoms with E-state index in [-0.39, 0.29) is 5.97 Å². The Labute approximate surface area is 74.3 Å². The van der Waals surface area contributed by atoms with Gasteiger partial charge in [-0.2, -0.15) is 0 Å². The van der Waals surface area contributed by atoms with Crippen LogP contribution in [0.2, 0.25) is 0 Å². The largest absolute Gasteiger partial charge is 0.372 e. The highest BCUT2D eigenvalue weighted by molar-refractivity contribution is 5.70. The lowest BCUT2D eigenvalue weighted by molar-refractivity contribution is -0.136. The molecule has 2 heteroatoms. The van der Waals surface area contributed by atoms with Crippen LogP contribution >= 0.6 is 0 Å². The van der Waals surface area contributed by atoms with Gasteiger partial charge in [-0.15, -0.1) is 0 Å². The van der Waals surface area contributed by atoms with Gasteiger partial charge in [-0.25, -0.2) is 0 Å². The molecule has 0 amide bonds. The Morgan fingerprint density at radius 1 is 1.33 bits per heavy atom. The van der Waals surface area contributed by atoms with Crippen molar-refractivity contribution in [3.05, 3.63) is 0 Å². The zero-order valence-corrected chi connectivity index (χ0v) is 7.64. The van der Waals surface area contributed by atoms with Gasteiger partial charge in [0.05, 0.1) is 0 Å². The number of hydrogen-bond donors (Lipinski definition) is 0. The summed E-state index contributed by atoms with van der Waals surface area (Å²) in [5, 5.41) is 0. The summed E-state index contributed by atoms with van der Waals surface area (Å²) in [5.74, 6) is -0.283. The van der Waals surface area contributed by atoms with E-state index in [0.29, 0.717) is 6.42 Å². The first-order valence-corrected chi connectivity index (χ1v) is 4.46. The molecule has 68 valence electrons. The lowest BCUT2D eigenvalue weighted by Gasteiger charge is -1.97. The number of unbranched alkanes of at least 4 members (excludes halogenated alkanes) is 4. The number of ether oxygens (including phenoxy) is 1. The van der Waals surface area contributed by atoms with E-state index < -0.39 is 0 Å². The Bertz CT molecular complexity index is 156. The number of carbonyl (C=O) groups is 1. The molecule has 0 saturated heterocycles. The molecule has 0 saturated carbocycles. The second-order valence-corrected chi connectivity index (χ2v) is 2.76. The molecule has 12 heavy (non-hydrogen) atoms. The number of hydrogen-bond acceptors (Lipinski definition) is 2. The number of terminal acetylenes is 1. The van der Waals surface area contributed by atoms with Crippen molar-refractivity contribution in [2.75, 3.05) is 0 Å². The standard InChI is InChI=1S/C10H16O2/c1-3-5-6-7-8-9-10(11)12-4-2/h2H,3,5-9H2,1H3. The molecule has 0 bridgehead atoms. The molecule has 0 aliphatic carbocycles. The molecule has 0 rings (SSSR count). The summed E-state index contributed by atoms with van der Waals surface area (Å²) in [6.45, 7) is 2.16. The van der Waals surface area contributed by atoms with Crippen molar-refractivity contribution in [2.45, 2.75) is 45.4 Å². The molecular formula is C10H16O2. The van der Waals surface area contributed by atoms with Gasteiger partial charge < -0.3 is 4.74 Å². The van der Waals surface area contributed by atoms with E-state index in [0.717, 1.165) is 12.8 Å². The summed E-state index contributed by atoms with van der Waals surface area (Å²) < 4.78 is 4.34. The van der Waals surface area contributed by atoms with Crippen LogP contribution in [0, 0.1) is 12.5 Å². The van der Waals surface area contributed by atoms with Crippen LogP contribution in [0.3, 0.4) is 0 Å². The van der Waals surface area contributed by atoms with E-state index in [4.69, 9.17) is 6.42 Å². The van der Waals surface area contributed by atoms with Crippen molar-refractivity contribution >= 4 is 5.97 Å². The molecule has 0 radical (unpaired) electrons. The second kappa shape index (κ2) is 8.13. The summed E-state index contributed by atoms with van der Waals surface area (Å²) in [7, 11) is 0. The van der Waals surface area contributed by atoms with E-state index in [1.54, 1.807) is 0 Å². The molecule has 0 aromatic carbocycles. The first kappa shape index (κ1) is 11.0. The molecule has 0 unspecified atom stereocenters. The lowest BCUT2D eigenvalue weighted by Crippen LogP contribution is -1.98. The quantitative estimate of drug-likeness (QED) is 0.346. The normalized spacial score (nSPS) is 9.00. The van der Waals surface area contributed by atoms with Crippen molar-refractivity contribution in [2.24, 2.45) is 0 Å². The van der Waals surface area contributed by atoms with Crippen molar-refractivity contribution < 1.29 is 9.53 Å². The van der Waals surface area contributed by atoms with Crippen LogP contribution in [0.5, 0.6) is 0 Å². The molecule has 0 heterocycles. The minimum absolute atomic E-state index is 0.283. The third kappa shape index (κ3) is 7.14. The predicted molar refractivity (Wildman–Crippen MR) is 48.3 cm³/mol. The fraction of sp³-hybridized carbons (Fsp3) is 0.700. The molecule has 0 aliphatic rings. The Hall–Kier alpha value is -0.970. The van der Waals surface area contributed by atoms with Gasteiger partial charge in [0.25, 0.3) is 0 Å². The smallest absolute Gasteiger partial charge is 0.319 e. The minimum atomic E-state index is -0.283. The van der Waals surface area contributed by atoms with Gasteiger partial charge in [-0.05, 0) is 6.42 Å². The van der Waals surface area contributed by atoms with Crippen molar-refractivity contribution in [3.63, 3.8) is 0 Å². The molecule has 2 nitrogen and oxygen atoms in total. The highest BCUT2D eigenvalue weighted by Crippen LogP contribution is 2.05. The molecule has 0 aromatic rings. The van der Waals surface area contributed by atoms with Crippen LogP contribution in [0.15, 0.2) is 0 Å². The summed E-state index contributed by atoms with van der Waals surface area (Å²) >= 11 is 0. The van der Waals surface area contributed by atoms with Crippen LogP contribution in [0.1, 0.15) is 45.4 Å². The summed E-state index contributed by atoms with van der Waals surface area (Å²) in [5.41, 5.74) is 0. The van der Waals surface area contributed by atoms with Crippen molar-refractivity contribution in [1.29, 1.82) is 0 Å². The van der Waals surface area contributed by atoms with Crippen LogP contribution < -0.4 is 0 Å². The van der Waals surface area contributed by atoms with Gasteiger partial charge in [0.15, 0.2) is 0 Å². The van der Waals surface area contributed by atoms with E-state index >= 15 is 0 Å². The molecule has 0 aromatic heterocycles. The Morgan fingerprint density at radius 2 is 2.00 bits per heavy atom. The summed E-state index contributed by atoms with van der Waals surface area (Å²) in [6, 6.07) is 0. The monoisotopic (exact) mass is 168 g/mol. The molecule has 0 spiro atoms. The summed E-state index contributed by atoms with van der Waals surface area (Å²) in [4.78, 5) is 10.7. The van der Waals surface area contributed by atoms with Crippen molar-refractivity contribution in [3.8, 4) is 12.5 Å². The maximum Gasteiger partial charge on any atom is 0.319 e. The zero-order chi connectivity index (χ0) is 9.23. The Morgan fingerprint density at radius 3 is 2.58 bits per heavy atom. The van der Waals surface area contributed by atoms with E-state index in [2.05, 4.69) is 11.7 Å². The van der Waals surface area contributed by atoms with Gasteiger partial charge in [0, 0.05) is 6.42 Å². The second-order valence-electron chi connectivity index (χ2n) is 2.76. The van der Waals surface area contributed by atoms with Gasteiger partial charge >= 0.3 is 5.97 Å². The molecule has 0 fully saturated rings. The summed E-state index contributed by atoms with van der Waals surface area (Å²) in [6.07, 6.45) is 12.7. The van der Waals surface area contributed by atoms with Gasteiger partial charge in [-0.3, -0.25) is 4.79 Å². The number of rotatable bonds is 6. The number of esters is 1. The molecule has 0 aliphatic heterocycles. The fourth-order valence-corrected chi connectivity index (χ4v) is 0.990. The minimum Gasteiger partial charge on any atom is -0.372 e. The van der Waals surface area contributed by atoms with E-state index in [9.17, 15) is 4.79 Å². The van der Waals surface area contributed by atoms with Gasteiger partial charge in [0.1, 0.15) is 6.11 Å². The third-order valence-corrected chi connectivity index (χ3v) is 1.66. The fourth-order valence-electron chi connectivity index (χ4n) is 0.990. The molecule has 0 atom stereocenters. The Kier molecular flexibility index (Phi) is 7.47. The van der Waals surface area contributed by atoms with Crippen molar-refractivity contribution in [1.82, 2.24) is 0 Å². The van der Waals surface area contributed by atoms with Crippen LogP contribution in [-0.4, -0.2) is 5.97 Å². The first-order valence-electron chi connectivity index (χ1n) is 4.46. The average molecular weight is 168 g/mol. The van der Waals surface area contributed by atoms with E-state index in [1.807, 2.05) is 6.11 Å². The molecule has 0 N–H and O–H groups in total. The zero-order valence-electron chi connectivity index (χ0n) is 7.64. The van der Waals surface area contributed by atoms with Gasteiger partial charge in [-0.1, -0.05) is 39.0 Å². The third-order valence-electron chi connectivity index (χ3n) is 1.66. The highest BCUT2D eigenvalue weighted by Gasteiger charge is 1.99. The van der Waals surface area contributed by atoms with Crippen LogP contribution in [0.4, 0.5) is 0 Å². The maximum atomic E-state index is 10.7. The molecular weight excluding hydrogens is 152 g/mol. The van der Waals surface area contributed by atoms with E-state index in [1.165, 1.54) is 19.3 Å². The SMILES string of the molecule is C#COC(=O)CCCCCCC. The lowest BCUT2D eigenvalue weighted by atomic mass is 10.1. The maximum absolute atomic E-state index is 10.7. The van der Waals surface area contributed by atoms with Crippen LogP contribution in [-0.2, 0) is 9.53 Å².